The Bertz CT molecular complexity index is 556. The SMILES string of the molecule is CN(C)CCn1c(=O)[nH]c2c(Cl)cccc21. The minimum Gasteiger partial charge on any atom is -0.308 e. The molecule has 0 aliphatic heterocycles. The van der Waals surface area contributed by atoms with Crippen LogP contribution in [0.2, 0.25) is 5.02 Å². The van der Waals surface area contributed by atoms with Crippen LogP contribution in [0.4, 0.5) is 0 Å². The Morgan fingerprint density at radius 1 is 1.44 bits per heavy atom. The highest BCUT2D eigenvalue weighted by atomic mass is 35.5. The van der Waals surface area contributed by atoms with Gasteiger partial charge in [-0.3, -0.25) is 4.57 Å². The van der Waals surface area contributed by atoms with E-state index >= 15 is 0 Å². The van der Waals surface area contributed by atoms with Crippen molar-refractivity contribution in [3.63, 3.8) is 0 Å². The van der Waals surface area contributed by atoms with Crippen LogP contribution in [-0.4, -0.2) is 35.1 Å². The van der Waals surface area contributed by atoms with E-state index in [0.717, 1.165) is 12.1 Å². The number of fused-ring (bicyclic) bond motifs is 1. The summed E-state index contributed by atoms with van der Waals surface area (Å²) < 4.78 is 1.71. The Balaban J connectivity index is 2.48. The summed E-state index contributed by atoms with van der Waals surface area (Å²) in [5.41, 5.74) is 1.47. The van der Waals surface area contributed by atoms with Crippen LogP contribution in [0, 0.1) is 0 Å². The van der Waals surface area contributed by atoms with E-state index in [1.807, 2.05) is 31.1 Å². The Morgan fingerprint density at radius 3 is 2.88 bits per heavy atom. The van der Waals surface area contributed by atoms with E-state index in [-0.39, 0.29) is 5.69 Å². The number of likely N-dealkylation sites (N-methyl/N-ethyl adjacent to an activating group) is 1. The average molecular weight is 240 g/mol. The van der Waals surface area contributed by atoms with Crippen LogP contribution in [0.15, 0.2) is 23.0 Å². The van der Waals surface area contributed by atoms with Gasteiger partial charge in [-0.2, -0.15) is 0 Å². The third-order valence-electron chi connectivity index (χ3n) is 2.53. The van der Waals surface area contributed by atoms with E-state index in [1.54, 1.807) is 10.6 Å². The van der Waals surface area contributed by atoms with Crippen molar-refractivity contribution >= 4 is 22.6 Å². The van der Waals surface area contributed by atoms with Gasteiger partial charge < -0.3 is 9.88 Å². The standard InChI is InChI=1S/C11H14ClN3O/c1-14(2)6-7-15-9-5-3-4-8(12)10(9)13-11(15)16/h3-5H,6-7H2,1-2H3,(H,13,16). The first-order valence-corrected chi connectivity index (χ1v) is 5.49. The van der Waals surface area contributed by atoms with E-state index in [4.69, 9.17) is 11.6 Å². The Hall–Kier alpha value is -1.26. The monoisotopic (exact) mass is 239 g/mol. The summed E-state index contributed by atoms with van der Waals surface area (Å²) in [4.78, 5) is 16.5. The summed E-state index contributed by atoms with van der Waals surface area (Å²) in [6.07, 6.45) is 0. The lowest BCUT2D eigenvalue weighted by molar-refractivity contribution is 0.384. The second kappa shape index (κ2) is 4.31. The minimum atomic E-state index is -0.107. The molecule has 1 heterocycles. The zero-order chi connectivity index (χ0) is 11.7. The summed E-state index contributed by atoms with van der Waals surface area (Å²) in [6.45, 7) is 1.48. The molecule has 0 saturated heterocycles. The maximum absolute atomic E-state index is 11.7. The van der Waals surface area contributed by atoms with Gasteiger partial charge in [0.1, 0.15) is 0 Å². The molecule has 0 bridgehead atoms. The third-order valence-corrected chi connectivity index (χ3v) is 2.85. The van der Waals surface area contributed by atoms with Gasteiger partial charge in [-0.05, 0) is 26.2 Å². The highest BCUT2D eigenvalue weighted by Gasteiger charge is 2.08. The number of rotatable bonds is 3. The molecule has 0 unspecified atom stereocenters. The van der Waals surface area contributed by atoms with Crippen LogP contribution in [0.1, 0.15) is 0 Å². The number of aromatic nitrogens is 2. The Morgan fingerprint density at radius 2 is 2.19 bits per heavy atom. The second-order valence-electron chi connectivity index (χ2n) is 4.02. The summed E-state index contributed by atoms with van der Waals surface area (Å²) >= 11 is 6.01. The molecule has 4 nitrogen and oxygen atoms in total. The van der Waals surface area contributed by atoms with Gasteiger partial charge in [-0.25, -0.2) is 4.79 Å². The molecule has 0 spiro atoms. The van der Waals surface area contributed by atoms with Crippen molar-refractivity contribution in [3.8, 4) is 0 Å². The van der Waals surface area contributed by atoms with Crippen molar-refractivity contribution in [2.75, 3.05) is 20.6 Å². The topological polar surface area (TPSA) is 41.0 Å². The van der Waals surface area contributed by atoms with E-state index in [1.165, 1.54) is 0 Å². The molecule has 0 fully saturated rings. The maximum Gasteiger partial charge on any atom is 0.326 e. The Labute approximate surface area is 98.4 Å². The average Bonchev–Trinajstić information content (AvgIpc) is 2.53. The van der Waals surface area contributed by atoms with Gasteiger partial charge in [0.15, 0.2) is 0 Å². The molecule has 0 aliphatic carbocycles. The minimum absolute atomic E-state index is 0.107. The molecule has 2 rings (SSSR count). The van der Waals surface area contributed by atoms with Crippen molar-refractivity contribution in [2.45, 2.75) is 6.54 Å². The fraction of sp³-hybridized carbons (Fsp3) is 0.364. The molecule has 1 aromatic carbocycles. The van der Waals surface area contributed by atoms with Gasteiger partial charge in [-0.15, -0.1) is 0 Å². The maximum atomic E-state index is 11.7. The van der Waals surface area contributed by atoms with Crippen molar-refractivity contribution < 1.29 is 0 Å². The number of H-pyrrole nitrogens is 1. The van der Waals surface area contributed by atoms with Crippen molar-refractivity contribution in [3.05, 3.63) is 33.7 Å². The first-order valence-electron chi connectivity index (χ1n) is 5.11. The predicted molar refractivity (Wildman–Crippen MR) is 66.1 cm³/mol. The van der Waals surface area contributed by atoms with Gasteiger partial charge in [-0.1, -0.05) is 17.7 Å². The number of hydrogen-bond donors (Lipinski definition) is 1. The van der Waals surface area contributed by atoms with Crippen molar-refractivity contribution in [1.82, 2.24) is 14.5 Å². The highest BCUT2D eigenvalue weighted by molar-refractivity contribution is 6.34. The molecule has 0 aliphatic rings. The normalized spacial score (nSPS) is 11.5. The zero-order valence-corrected chi connectivity index (χ0v) is 10.1. The molecule has 86 valence electrons. The van der Waals surface area contributed by atoms with Gasteiger partial charge >= 0.3 is 5.69 Å². The highest BCUT2D eigenvalue weighted by Crippen LogP contribution is 2.19. The molecule has 1 N–H and O–H groups in total. The molecular formula is C11H14ClN3O. The quantitative estimate of drug-likeness (QED) is 0.883. The molecule has 0 radical (unpaired) electrons. The lowest BCUT2D eigenvalue weighted by Gasteiger charge is -2.09. The summed E-state index contributed by atoms with van der Waals surface area (Å²) in [7, 11) is 3.96. The number of aromatic amines is 1. The summed E-state index contributed by atoms with van der Waals surface area (Å²) in [6, 6.07) is 5.52. The van der Waals surface area contributed by atoms with Crippen LogP contribution in [-0.2, 0) is 6.54 Å². The number of imidazole rings is 1. The zero-order valence-electron chi connectivity index (χ0n) is 9.33. The number of hydrogen-bond acceptors (Lipinski definition) is 2. The van der Waals surface area contributed by atoms with Crippen LogP contribution in [0.5, 0.6) is 0 Å². The van der Waals surface area contributed by atoms with E-state index in [2.05, 4.69) is 4.98 Å². The van der Waals surface area contributed by atoms with Gasteiger partial charge in [0.25, 0.3) is 0 Å². The molecule has 0 atom stereocenters. The molecule has 16 heavy (non-hydrogen) atoms. The molecule has 0 amide bonds. The van der Waals surface area contributed by atoms with Gasteiger partial charge in [0.05, 0.1) is 16.1 Å². The smallest absolute Gasteiger partial charge is 0.308 e. The lowest BCUT2D eigenvalue weighted by Crippen LogP contribution is -2.24. The van der Waals surface area contributed by atoms with Gasteiger partial charge in [0.2, 0.25) is 0 Å². The number of nitrogens with zero attached hydrogens (tertiary/aromatic N) is 2. The largest absolute Gasteiger partial charge is 0.326 e. The fourth-order valence-electron chi connectivity index (χ4n) is 1.67. The van der Waals surface area contributed by atoms with Crippen molar-refractivity contribution in [1.29, 1.82) is 0 Å². The van der Waals surface area contributed by atoms with Crippen LogP contribution in [0.25, 0.3) is 11.0 Å². The fourth-order valence-corrected chi connectivity index (χ4v) is 1.88. The predicted octanol–water partition coefficient (Wildman–Crippen LogP) is 1.54. The lowest BCUT2D eigenvalue weighted by atomic mass is 10.3. The molecule has 0 saturated carbocycles. The molecule has 2 aromatic rings. The van der Waals surface area contributed by atoms with Crippen LogP contribution >= 0.6 is 11.6 Å². The van der Waals surface area contributed by atoms with E-state index in [9.17, 15) is 4.79 Å². The molecule has 1 aromatic heterocycles. The first kappa shape index (κ1) is 11.2. The van der Waals surface area contributed by atoms with E-state index in [0.29, 0.717) is 17.1 Å². The first-order chi connectivity index (χ1) is 7.59. The molecular weight excluding hydrogens is 226 g/mol. The number of halogens is 1. The second-order valence-corrected chi connectivity index (χ2v) is 4.43. The Kier molecular flexibility index (Phi) is 3.03. The number of para-hydroxylation sites is 1. The van der Waals surface area contributed by atoms with E-state index < -0.39 is 0 Å². The van der Waals surface area contributed by atoms with Gasteiger partial charge in [0, 0.05) is 13.1 Å². The number of nitrogens with one attached hydrogen (secondary N) is 1. The van der Waals surface area contributed by atoms with Crippen LogP contribution in [0.3, 0.4) is 0 Å². The van der Waals surface area contributed by atoms with Crippen LogP contribution < -0.4 is 5.69 Å². The number of benzene rings is 1. The summed E-state index contributed by atoms with van der Waals surface area (Å²) in [5, 5.41) is 0.582. The summed E-state index contributed by atoms with van der Waals surface area (Å²) in [5.74, 6) is 0. The third kappa shape index (κ3) is 1.99. The van der Waals surface area contributed by atoms with Crippen molar-refractivity contribution in [2.24, 2.45) is 0 Å². The molecule has 5 heteroatoms.